The molecule has 0 amide bonds. The minimum Gasteiger partial charge on any atom is -0.460 e. The third kappa shape index (κ3) is 4.35. The molecule has 19 heavy (non-hydrogen) atoms. The fourth-order valence-electron chi connectivity index (χ4n) is 1.84. The molecule has 5 heteroatoms. The number of aromatic nitrogens is 1. The van der Waals surface area contributed by atoms with Crippen molar-refractivity contribution >= 4 is 5.97 Å². The van der Waals surface area contributed by atoms with Gasteiger partial charge in [0.25, 0.3) is 0 Å². The summed E-state index contributed by atoms with van der Waals surface area (Å²) in [7, 11) is 1.66. The Morgan fingerprint density at radius 1 is 1.37 bits per heavy atom. The fourth-order valence-corrected chi connectivity index (χ4v) is 1.84. The Bertz CT molecular complexity index is 412. The van der Waals surface area contributed by atoms with Crippen molar-refractivity contribution in [2.45, 2.75) is 40.0 Å². The van der Waals surface area contributed by atoms with Crippen molar-refractivity contribution in [2.24, 2.45) is 5.92 Å². The highest BCUT2D eigenvalue weighted by Crippen LogP contribution is 2.22. The second-order valence-electron chi connectivity index (χ2n) is 4.96. The van der Waals surface area contributed by atoms with Gasteiger partial charge in [-0.2, -0.15) is 0 Å². The maximum atomic E-state index is 11.8. The monoisotopic (exact) mass is 269 g/mol. The summed E-state index contributed by atoms with van der Waals surface area (Å²) < 4.78 is 15.6. The number of nitrogens with zero attached hydrogens (tertiary/aromatic N) is 1. The molecule has 1 rings (SSSR count). The standard InChI is InChI=1S/C14H23NO4/c1-6-18-14(16)13-12(9(2)3)15-11(19-13)7-10(4)8-17-5/h9-10H,6-8H2,1-5H3. The maximum absolute atomic E-state index is 11.8. The van der Waals surface area contributed by atoms with Crippen molar-refractivity contribution in [2.75, 3.05) is 20.3 Å². The first kappa shape index (κ1) is 15.7. The number of hydrogen-bond donors (Lipinski definition) is 0. The molecule has 1 heterocycles. The van der Waals surface area contributed by atoms with E-state index in [2.05, 4.69) is 4.98 Å². The zero-order valence-corrected chi connectivity index (χ0v) is 12.4. The van der Waals surface area contributed by atoms with Crippen LogP contribution in [0.3, 0.4) is 0 Å². The van der Waals surface area contributed by atoms with Gasteiger partial charge in [0, 0.05) is 20.1 Å². The number of carbonyl (C=O) groups excluding carboxylic acids is 1. The number of methoxy groups -OCH3 is 1. The summed E-state index contributed by atoms with van der Waals surface area (Å²) >= 11 is 0. The maximum Gasteiger partial charge on any atom is 0.376 e. The predicted octanol–water partition coefficient (Wildman–Crippen LogP) is 2.80. The van der Waals surface area contributed by atoms with Gasteiger partial charge in [0.1, 0.15) is 0 Å². The van der Waals surface area contributed by atoms with Crippen molar-refractivity contribution in [3.8, 4) is 0 Å². The zero-order chi connectivity index (χ0) is 14.4. The molecular weight excluding hydrogens is 246 g/mol. The first-order valence-corrected chi connectivity index (χ1v) is 6.65. The van der Waals surface area contributed by atoms with Crippen LogP contribution in [0.4, 0.5) is 0 Å². The van der Waals surface area contributed by atoms with Crippen molar-refractivity contribution in [3.63, 3.8) is 0 Å². The molecule has 0 aromatic carbocycles. The number of carbonyl (C=O) groups is 1. The quantitative estimate of drug-likeness (QED) is 0.712. The van der Waals surface area contributed by atoms with Crippen LogP contribution in [-0.4, -0.2) is 31.3 Å². The van der Waals surface area contributed by atoms with Crippen molar-refractivity contribution in [3.05, 3.63) is 17.3 Å². The van der Waals surface area contributed by atoms with Crippen LogP contribution in [-0.2, 0) is 15.9 Å². The van der Waals surface area contributed by atoms with E-state index in [0.29, 0.717) is 37.1 Å². The molecule has 1 aromatic rings. The van der Waals surface area contributed by atoms with Crippen LogP contribution in [0.15, 0.2) is 4.42 Å². The van der Waals surface area contributed by atoms with E-state index in [1.807, 2.05) is 20.8 Å². The van der Waals surface area contributed by atoms with E-state index >= 15 is 0 Å². The molecule has 0 radical (unpaired) electrons. The molecule has 108 valence electrons. The molecule has 0 aliphatic carbocycles. The number of esters is 1. The lowest BCUT2D eigenvalue weighted by Crippen LogP contribution is -2.07. The Morgan fingerprint density at radius 3 is 2.58 bits per heavy atom. The Kier molecular flexibility index (Phi) is 6.02. The normalized spacial score (nSPS) is 12.7. The lowest BCUT2D eigenvalue weighted by atomic mass is 10.1. The molecular formula is C14H23NO4. The van der Waals surface area contributed by atoms with Crippen LogP contribution >= 0.6 is 0 Å². The second kappa shape index (κ2) is 7.28. The predicted molar refractivity (Wildman–Crippen MR) is 71.3 cm³/mol. The van der Waals surface area contributed by atoms with Gasteiger partial charge in [-0.25, -0.2) is 9.78 Å². The van der Waals surface area contributed by atoms with Gasteiger partial charge in [0.05, 0.1) is 12.3 Å². The number of hydrogen-bond acceptors (Lipinski definition) is 5. The van der Waals surface area contributed by atoms with E-state index in [9.17, 15) is 4.79 Å². The number of oxazole rings is 1. The second-order valence-corrected chi connectivity index (χ2v) is 4.96. The van der Waals surface area contributed by atoms with Gasteiger partial charge in [0.2, 0.25) is 5.76 Å². The zero-order valence-electron chi connectivity index (χ0n) is 12.4. The topological polar surface area (TPSA) is 61.6 Å². The van der Waals surface area contributed by atoms with Crippen LogP contribution in [0.1, 0.15) is 55.8 Å². The van der Waals surface area contributed by atoms with Gasteiger partial charge in [-0.05, 0) is 18.8 Å². The molecule has 1 aromatic heterocycles. The summed E-state index contributed by atoms with van der Waals surface area (Å²) in [6, 6.07) is 0. The highest BCUT2D eigenvalue weighted by atomic mass is 16.5. The Hall–Kier alpha value is -1.36. The molecule has 5 nitrogen and oxygen atoms in total. The average Bonchev–Trinajstić information content (AvgIpc) is 2.73. The highest BCUT2D eigenvalue weighted by molar-refractivity contribution is 5.87. The lowest BCUT2D eigenvalue weighted by molar-refractivity contribution is 0.0485. The average molecular weight is 269 g/mol. The molecule has 1 unspecified atom stereocenters. The Morgan fingerprint density at radius 2 is 2.05 bits per heavy atom. The summed E-state index contributed by atoms with van der Waals surface area (Å²) in [6.07, 6.45) is 0.646. The summed E-state index contributed by atoms with van der Waals surface area (Å²) in [4.78, 5) is 16.2. The van der Waals surface area contributed by atoms with Crippen molar-refractivity contribution in [1.29, 1.82) is 0 Å². The van der Waals surface area contributed by atoms with E-state index in [4.69, 9.17) is 13.9 Å². The Balaban J connectivity index is 2.91. The minimum absolute atomic E-state index is 0.120. The van der Waals surface area contributed by atoms with Crippen LogP contribution in [0.25, 0.3) is 0 Å². The Labute approximate surface area is 114 Å². The summed E-state index contributed by atoms with van der Waals surface area (Å²) in [5.41, 5.74) is 0.665. The van der Waals surface area contributed by atoms with Gasteiger partial charge in [-0.1, -0.05) is 20.8 Å². The molecule has 0 aliphatic rings. The van der Waals surface area contributed by atoms with E-state index < -0.39 is 5.97 Å². The van der Waals surface area contributed by atoms with Crippen LogP contribution in [0.2, 0.25) is 0 Å². The molecule has 0 N–H and O–H groups in total. The van der Waals surface area contributed by atoms with Gasteiger partial charge in [-0.3, -0.25) is 0 Å². The number of ether oxygens (including phenoxy) is 2. The first-order valence-electron chi connectivity index (χ1n) is 6.65. The third-order valence-electron chi connectivity index (χ3n) is 2.68. The van der Waals surface area contributed by atoms with Gasteiger partial charge < -0.3 is 13.9 Å². The minimum atomic E-state index is -0.440. The molecule has 0 aliphatic heterocycles. The molecule has 0 fully saturated rings. The van der Waals surface area contributed by atoms with Gasteiger partial charge in [-0.15, -0.1) is 0 Å². The van der Waals surface area contributed by atoms with Crippen LogP contribution < -0.4 is 0 Å². The smallest absolute Gasteiger partial charge is 0.376 e. The molecule has 1 atom stereocenters. The highest BCUT2D eigenvalue weighted by Gasteiger charge is 2.24. The molecule has 0 bridgehead atoms. The van der Waals surface area contributed by atoms with Crippen LogP contribution in [0, 0.1) is 5.92 Å². The summed E-state index contributed by atoms with van der Waals surface area (Å²) in [5, 5.41) is 0. The van der Waals surface area contributed by atoms with E-state index in [1.54, 1.807) is 14.0 Å². The van der Waals surface area contributed by atoms with E-state index in [-0.39, 0.29) is 11.7 Å². The SMILES string of the molecule is CCOC(=O)c1oc(CC(C)COC)nc1C(C)C. The van der Waals surface area contributed by atoms with Gasteiger partial charge >= 0.3 is 5.97 Å². The van der Waals surface area contributed by atoms with Gasteiger partial charge in [0.15, 0.2) is 5.89 Å². The first-order chi connectivity index (χ1) is 8.99. The molecule has 0 saturated carbocycles. The summed E-state index contributed by atoms with van der Waals surface area (Å²) in [6.45, 7) is 8.73. The van der Waals surface area contributed by atoms with Crippen LogP contribution in [0.5, 0.6) is 0 Å². The van der Waals surface area contributed by atoms with Crippen molar-refractivity contribution in [1.82, 2.24) is 4.98 Å². The van der Waals surface area contributed by atoms with E-state index in [1.165, 1.54) is 0 Å². The molecule has 0 spiro atoms. The summed E-state index contributed by atoms with van der Waals surface area (Å²) in [5.74, 6) is 0.769. The lowest BCUT2D eigenvalue weighted by Gasteiger charge is -2.06. The third-order valence-corrected chi connectivity index (χ3v) is 2.68. The number of rotatable bonds is 7. The van der Waals surface area contributed by atoms with Crippen molar-refractivity contribution < 1.29 is 18.7 Å². The molecule has 0 saturated heterocycles. The largest absolute Gasteiger partial charge is 0.460 e. The van der Waals surface area contributed by atoms with E-state index in [0.717, 1.165) is 0 Å². The fraction of sp³-hybridized carbons (Fsp3) is 0.714.